The summed E-state index contributed by atoms with van der Waals surface area (Å²) in [5.41, 5.74) is 0.230. The summed E-state index contributed by atoms with van der Waals surface area (Å²) in [5, 5.41) is 10.9. The topological polar surface area (TPSA) is 74.8 Å². The summed E-state index contributed by atoms with van der Waals surface area (Å²) >= 11 is 0. The molecule has 6 fully saturated rings. The third-order valence-electron chi connectivity index (χ3n) is 8.23. The minimum Gasteiger partial charge on any atom is -0.354 e. The highest BCUT2D eigenvalue weighted by Crippen LogP contribution is 2.56. The molecular formula is C23H36N6. The van der Waals surface area contributed by atoms with Crippen LogP contribution in [0.4, 0.5) is 17.8 Å². The second-order valence-electron chi connectivity index (χ2n) is 10.9. The maximum absolute atomic E-state index is 4.84. The first-order valence-electron chi connectivity index (χ1n) is 12.3. The van der Waals surface area contributed by atoms with Crippen molar-refractivity contribution in [3.63, 3.8) is 0 Å². The molecule has 4 bridgehead atoms. The molecule has 0 unspecified atom stereocenters. The Balaban J connectivity index is 1.20. The van der Waals surface area contributed by atoms with Crippen molar-refractivity contribution in [2.45, 2.75) is 95.1 Å². The molecule has 1 aromatic heterocycles. The zero-order valence-electron chi connectivity index (χ0n) is 17.6. The van der Waals surface area contributed by atoms with Crippen molar-refractivity contribution in [1.82, 2.24) is 15.0 Å². The minimum absolute atomic E-state index is 0.230. The number of aromatic nitrogens is 3. The molecule has 0 radical (unpaired) electrons. The number of rotatable bonds is 7. The van der Waals surface area contributed by atoms with Crippen LogP contribution in [-0.4, -0.2) is 33.1 Å². The maximum atomic E-state index is 4.84. The maximum Gasteiger partial charge on any atom is 0.229 e. The fourth-order valence-corrected chi connectivity index (χ4v) is 7.11. The van der Waals surface area contributed by atoms with Gasteiger partial charge in [0.05, 0.1) is 0 Å². The number of hydrogen-bond acceptors (Lipinski definition) is 6. The Kier molecular flexibility index (Phi) is 4.57. The number of anilines is 3. The van der Waals surface area contributed by atoms with Crippen LogP contribution in [0.15, 0.2) is 0 Å². The van der Waals surface area contributed by atoms with Gasteiger partial charge in [0.25, 0.3) is 0 Å². The van der Waals surface area contributed by atoms with E-state index in [2.05, 4.69) is 16.0 Å². The van der Waals surface area contributed by atoms with Crippen molar-refractivity contribution < 1.29 is 0 Å². The minimum atomic E-state index is 0.230. The SMILES string of the molecule is C1CCC(CNc2nc(NC3CC3)nc(NC34CC5CC(CC(C5)C3)C4)n2)CC1. The smallest absolute Gasteiger partial charge is 0.229 e. The Morgan fingerprint density at radius 3 is 2.00 bits per heavy atom. The molecule has 158 valence electrons. The van der Waals surface area contributed by atoms with Crippen molar-refractivity contribution >= 4 is 17.8 Å². The third-order valence-corrected chi connectivity index (χ3v) is 8.23. The summed E-state index contributed by atoms with van der Waals surface area (Å²) in [6.07, 6.45) is 17.6. The Labute approximate surface area is 174 Å². The fourth-order valence-electron chi connectivity index (χ4n) is 7.11. The average Bonchev–Trinajstić information content (AvgIpc) is 3.49. The molecule has 0 aliphatic heterocycles. The van der Waals surface area contributed by atoms with E-state index in [4.69, 9.17) is 15.0 Å². The second-order valence-corrected chi connectivity index (χ2v) is 10.9. The molecule has 6 aliphatic rings. The van der Waals surface area contributed by atoms with Gasteiger partial charge in [-0.3, -0.25) is 0 Å². The van der Waals surface area contributed by atoms with Gasteiger partial charge in [-0.25, -0.2) is 0 Å². The molecule has 6 aliphatic carbocycles. The van der Waals surface area contributed by atoms with Gasteiger partial charge in [0.2, 0.25) is 17.8 Å². The first kappa shape index (κ1) is 18.2. The van der Waals surface area contributed by atoms with Crippen LogP contribution in [0, 0.1) is 23.7 Å². The quantitative estimate of drug-likeness (QED) is 0.614. The number of nitrogens with zero attached hydrogens (tertiary/aromatic N) is 3. The lowest BCUT2D eigenvalue weighted by Crippen LogP contribution is -2.55. The van der Waals surface area contributed by atoms with E-state index in [-0.39, 0.29) is 5.54 Å². The summed E-state index contributed by atoms with van der Waals surface area (Å²) in [6, 6.07) is 0.552. The van der Waals surface area contributed by atoms with E-state index in [0.29, 0.717) is 6.04 Å². The highest BCUT2D eigenvalue weighted by molar-refractivity contribution is 5.45. The lowest BCUT2D eigenvalue weighted by molar-refractivity contribution is 0.0103. The Bertz CT molecular complexity index is 704. The van der Waals surface area contributed by atoms with Crippen molar-refractivity contribution in [1.29, 1.82) is 0 Å². The number of nitrogens with one attached hydrogen (secondary N) is 3. The van der Waals surface area contributed by atoms with Crippen LogP contribution < -0.4 is 16.0 Å². The van der Waals surface area contributed by atoms with Gasteiger partial charge in [0.15, 0.2) is 0 Å². The molecule has 6 saturated carbocycles. The fraction of sp³-hybridized carbons (Fsp3) is 0.870. The van der Waals surface area contributed by atoms with E-state index in [1.54, 1.807) is 0 Å². The van der Waals surface area contributed by atoms with E-state index in [1.165, 1.54) is 83.5 Å². The van der Waals surface area contributed by atoms with Crippen molar-refractivity contribution in [2.75, 3.05) is 22.5 Å². The second kappa shape index (κ2) is 7.28. The molecule has 6 heteroatoms. The van der Waals surface area contributed by atoms with Crippen LogP contribution in [-0.2, 0) is 0 Å². The highest BCUT2D eigenvalue weighted by Gasteiger charge is 2.51. The van der Waals surface area contributed by atoms with Gasteiger partial charge in [-0.2, -0.15) is 15.0 Å². The summed E-state index contributed by atoms with van der Waals surface area (Å²) < 4.78 is 0. The molecule has 0 amide bonds. The number of hydrogen-bond donors (Lipinski definition) is 3. The highest BCUT2D eigenvalue weighted by atomic mass is 15.3. The predicted octanol–water partition coefficient (Wildman–Crippen LogP) is 4.82. The summed E-state index contributed by atoms with van der Waals surface area (Å²) in [6.45, 7) is 0.990. The Morgan fingerprint density at radius 1 is 0.724 bits per heavy atom. The molecule has 0 aromatic carbocycles. The first-order chi connectivity index (χ1) is 14.2. The van der Waals surface area contributed by atoms with Crippen LogP contribution in [0.3, 0.4) is 0 Å². The van der Waals surface area contributed by atoms with Crippen LogP contribution in [0.2, 0.25) is 0 Å². The van der Waals surface area contributed by atoms with Gasteiger partial charge in [0.1, 0.15) is 0 Å². The molecule has 3 N–H and O–H groups in total. The van der Waals surface area contributed by atoms with E-state index in [0.717, 1.165) is 48.1 Å². The van der Waals surface area contributed by atoms with Crippen LogP contribution in [0.5, 0.6) is 0 Å². The predicted molar refractivity (Wildman–Crippen MR) is 116 cm³/mol. The van der Waals surface area contributed by atoms with Crippen LogP contribution in [0.1, 0.15) is 83.5 Å². The van der Waals surface area contributed by atoms with Crippen molar-refractivity contribution in [3.05, 3.63) is 0 Å². The summed E-state index contributed by atoms with van der Waals surface area (Å²) in [5.74, 6) is 5.81. The van der Waals surface area contributed by atoms with Crippen LogP contribution in [0.25, 0.3) is 0 Å². The molecule has 0 saturated heterocycles. The molecule has 0 spiro atoms. The molecular weight excluding hydrogens is 360 g/mol. The van der Waals surface area contributed by atoms with E-state index >= 15 is 0 Å². The standard InChI is InChI=1S/C23H36N6/c1-2-4-15(5-3-1)14-24-20-26-21(25-19-6-7-19)28-22(27-20)29-23-11-16-8-17(12-23)10-18(9-16)13-23/h15-19H,1-14H2,(H3,24,25,26,27,28,29). The first-order valence-corrected chi connectivity index (χ1v) is 12.3. The van der Waals surface area contributed by atoms with Gasteiger partial charge in [0, 0.05) is 18.1 Å². The third kappa shape index (κ3) is 4.04. The van der Waals surface area contributed by atoms with Gasteiger partial charge < -0.3 is 16.0 Å². The molecule has 7 rings (SSSR count). The molecule has 1 heterocycles. The Morgan fingerprint density at radius 2 is 1.34 bits per heavy atom. The molecule has 29 heavy (non-hydrogen) atoms. The van der Waals surface area contributed by atoms with Gasteiger partial charge in [-0.15, -0.1) is 0 Å². The van der Waals surface area contributed by atoms with Gasteiger partial charge in [-0.1, -0.05) is 19.3 Å². The van der Waals surface area contributed by atoms with E-state index < -0.39 is 0 Å². The van der Waals surface area contributed by atoms with Gasteiger partial charge in [-0.05, 0) is 87.9 Å². The van der Waals surface area contributed by atoms with Crippen molar-refractivity contribution in [2.24, 2.45) is 23.7 Å². The van der Waals surface area contributed by atoms with E-state index in [9.17, 15) is 0 Å². The van der Waals surface area contributed by atoms with Crippen LogP contribution >= 0.6 is 0 Å². The van der Waals surface area contributed by atoms with E-state index in [1.807, 2.05) is 0 Å². The molecule has 1 aromatic rings. The lowest BCUT2D eigenvalue weighted by Gasteiger charge is -2.56. The normalized spacial score (nSPS) is 36.2. The summed E-state index contributed by atoms with van der Waals surface area (Å²) in [7, 11) is 0. The molecule has 0 atom stereocenters. The van der Waals surface area contributed by atoms with Gasteiger partial charge >= 0.3 is 0 Å². The Hall–Kier alpha value is -1.59. The monoisotopic (exact) mass is 396 g/mol. The largest absolute Gasteiger partial charge is 0.354 e. The average molecular weight is 397 g/mol. The van der Waals surface area contributed by atoms with Crippen molar-refractivity contribution in [3.8, 4) is 0 Å². The molecule has 6 nitrogen and oxygen atoms in total. The zero-order chi connectivity index (χ0) is 19.3. The summed E-state index contributed by atoms with van der Waals surface area (Å²) in [4.78, 5) is 14.3. The lowest BCUT2D eigenvalue weighted by atomic mass is 9.53. The zero-order valence-corrected chi connectivity index (χ0v) is 17.6.